The number of rotatable bonds is 4. The Hall–Kier alpha value is -1.03. The van der Waals surface area contributed by atoms with E-state index in [0.29, 0.717) is 4.90 Å². The van der Waals surface area contributed by atoms with Gasteiger partial charge < -0.3 is 5.11 Å². The van der Waals surface area contributed by atoms with Crippen molar-refractivity contribution >= 4 is 17.7 Å². The van der Waals surface area contributed by atoms with Crippen molar-refractivity contribution in [3.63, 3.8) is 0 Å². The van der Waals surface area contributed by atoms with Gasteiger partial charge in [0.1, 0.15) is 10.6 Å². The zero-order valence-corrected chi connectivity index (χ0v) is 9.76. The second-order valence-corrected chi connectivity index (χ2v) is 5.71. The lowest BCUT2D eigenvalue weighted by atomic mass is 10.1. The molecule has 0 heterocycles. The molecule has 86 valence electrons. The number of aliphatic carboxylic acids is 1. The van der Waals surface area contributed by atoms with E-state index in [1.165, 1.54) is 6.07 Å². The molecule has 1 unspecified atom stereocenters. The van der Waals surface area contributed by atoms with Crippen LogP contribution in [0, 0.1) is 11.7 Å². The maximum Gasteiger partial charge on any atom is 0.320 e. The van der Waals surface area contributed by atoms with E-state index in [2.05, 4.69) is 0 Å². The third kappa shape index (κ3) is 2.07. The first-order chi connectivity index (χ1) is 7.54. The summed E-state index contributed by atoms with van der Waals surface area (Å²) >= 11 is 1.12. The Labute approximate surface area is 97.9 Å². The molecule has 2 rings (SSSR count). The van der Waals surface area contributed by atoms with Crippen LogP contribution in [0.2, 0.25) is 0 Å². The van der Waals surface area contributed by atoms with Gasteiger partial charge in [-0.1, -0.05) is 12.1 Å². The summed E-state index contributed by atoms with van der Waals surface area (Å²) in [5.41, 5.74) is 0. The molecule has 16 heavy (non-hydrogen) atoms. The van der Waals surface area contributed by atoms with E-state index in [0.717, 1.165) is 24.6 Å². The minimum absolute atomic E-state index is 0.162. The zero-order chi connectivity index (χ0) is 11.8. The second-order valence-electron chi connectivity index (χ2n) is 4.22. The third-order valence-corrected chi connectivity index (χ3v) is 4.42. The van der Waals surface area contributed by atoms with Gasteiger partial charge in [0, 0.05) is 4.90 Å². The highest BCUT2D eigenvalue weighted by Crippen LogP contribution is 2.50. The molecule has 0 aliphatic heterocycles. The summed E-state index contributed by atoms with van der Waals surface area (Å²) in [6.45, 7) is 1.68. The highest BCUT2D eigenvalue weighted by atomic mass is 32.2. The fourth-order valence-corrected chi connectivity index (χ4v) is 2.95. The molecule has 1 aromatic rings. The van der Waals surface area contributed by atoms with E-state index in [-0.39, 0.29) is 11.7 Å². The normalized spacial score (nSPS) is 19.1. The summed E-state index contributed by atoms with van der Waals surface area (Å²) in [5.74, 6) is -1.04. The van der Waals surface area contributed by atoms with Crippen molar-refractivity contribution in [1.82, 2.24) is 0 Å². The van der Waals surface area contributed by atoms with Crippen molar-refractivity contribution in [2.75, 3.05) is 0 Å². The topological polar surface area (TPSA) is 37.3 Å². The van der Waals surface area contributed by atoms with Crippen LogP contribution >= 0.6 is 11.8 Å². The van der Waals surface area contributed by atoms with Gasteiger partial charge in [0.15, 0.2) is 0 Å². The van der Waals surface area contributed by atoms with Gasteiger partial charge in [-0.3, -0.25) is 4.79 Å². The molecule has 1 atom stereocenters. The summed E-state index contributed by atoms with van der Waals surface area (Å²) < 4.78 is 12.6. The Bertz CT molecular complexity index is 417. The minimum Gasteiger partial charge on any atom is -0.480 e. The number of carboxylic acids is 1. The fraction of sp³-hybridized carbons (Fsp3) is 0.417. The molecule has 4 heteroatoms. The van der Waals surface area contributed by atoms with E-state index in [1.807, 2.05) is 0 Å². The molecule has 1 N–H and O–H groups in total. The van der Waals surface area contributed by atoms with Gasteiger partial charge >= 0.3 is 5.97 Å². The monoisotopic (exact) mass is 240 g/mol. The first kappa shape index (κ1) is 11.5. The fourth-order valence-electron chi connectivity index (χ4n) is 1.69. The maximum atomic E-state index is 13.5. The van der Waals surface area contributed by atoms with Gasteiger partial charge in [-0.25, -0.2) is 4.39 Å². The number of carbonyl (C=O) groups is 1. The van der Waals surface area contributed by atoms with Gasteiger partial charge in [-0.2, -0.15) is 0 Å². The maximum absolute atomic E-state index is 13.5. The highest BCUT2D eigenvalue weighted by molar-refractivity contribution is 8.01. The van der Waals surface area contributed by atoms with Crippen LogP contribution in [0.1, 0.15) is 19.8 Å². The molecule has 1 saturated carbocycles. The predicted octanol–water partition coefficient (Wildman–Crippen LogP) is 3.17. The Morgan fingerprint density at radius 2 is 2.12 bits per heavy atom. The zero-order valence-electron chi connectivity index (χ0n) is 8.94. The lowest BCUT2D eigenvalue weighted by Gasteiger charge is -2.23. The summed E-state index contributed by atoms with van der Waals surface area (Å²) in [7, 11) is 0. The molecular weight excluding hydrogens is 227 g/mol. The standard InChI is InChI=1S/C12H13FO2S/c1-12(11(14)15,8-6-7-8)16-10-5-3-2-4-9(10)13/h2-5,8H,6-7H2,1H3,(H,14,15). The van der Waals surface area contributed by atoms with Crippen LogP contribution in [-0.2, 0) is 4.79 Å². The van der Waals surface area contributed by atoms with Crippen LogP contribution in [0.4, 0.5) is 4.39 Å². The predicted molar refractivity (Wildman–Crippen MR) is 61.0 cm³/mol. The first-order valence-corrected chi connectivity index (χ1v) is 6.02. The van der Waals surface area contributed by atoms with Crippen LogP contribution in [-0.4, -0.2) is 15.8 Å². The van der Waals surface area contributed by atoms with Gasteiger partial charge in [-0.05, 0) is 37.8 Å². The van der Waals surface area contributed by atoms with E-state index in [4.69, 9.17) is 0 Å². The van der Waals surface area contributed by atoms with Crippen molar-refractivity contribution in [1.29, 1.82) is 0 Å². The molecule has 0 radical (unpaired) electrons. The summed E-state index contributed by atoms with van der Waals surface area (Å²) in [6.07, 6.45) is 1.84. The van der Waals surface area contributed by atoms with E-state index in [1.54, 1.807) is 25.1 Å². The van der Waals surface area contributed by atoms with Crippen LogP contribution in [0.5, 0.6) is 0 Å². The molecule has 1 aliphatic rings. The van der Waals surface area contributed by atoms with Crippen molar-refractivity contribution in [3.05, 3.63) is 30.1 Å². The molecule has 0 saturated heterocycles. The SMILES string of the molecule is CC(Sc1ccccc1F)(C(=O)O)C1CC1. The molecule has 0 amide bonds. The van der Waals surface area contributed by atoms with Crippen molar-refractivity contribution < 1.29 is 14.3 Å². The molecule has 0 spiro atoms. The number of thioether (sulfide) groups is 1. The Balaban J connectivity index is 2.24. The lowest BCUT2D eigenvalue weighted by Crippen LogP contribution is -2.33. The average molecular weight is 240 g/mol. The quantitative estimate of drug-likeness (QED) is 0.821. The van der Waals surface area contributed by atoms with Gasteiger partial charge in [0.2, 0.25) is 0 Å². The number of carboxylic acid groups (broad SMARTS) is 1. The smallest absolute Gasteiger partial charge is 0.320 e. The lowest BCUT2D eigenvalue weighted by molar-refractivity contribution is -0.139. The molecule has 0 bridgehead atoms. The van der Waals surface area contributed by atoms with Crippen LogP contribution in [0.25, 0.3) is 0 Å². The number of hydrogen-bond acceptors (Lipinski definition) is 2. The third-order valence-electron chi connectivity index (χ3n) is 2.94. The number of benzene rings is 1. The molecule has 0 aromatic heterocycles. The highest BCUT2D eigenvalue weighted by Gasteiger charge is 2.48. The largest absolute Gasteiger partial charge is 0.480 e. The average Bonchev–Trinajstić information content (AvgIpc) is 3.04. The van der Waals surface area contributed by atoms with Gasteiger partial charge in [-0.15, -0.1) is 11.8 Å². The van der Waals surface area contributed by atoms with Crippen molar-refractivity contribution in [2.24, 2.45) is 5.92 Å². The summed E-state index contributed by atoms with van der Waals surface area (Å²) in [5, 5.41) is 9.25. The molecule has 1 aromatic carbocycles. The first-order valence-electron chi connectivity index (χ1n) is 5.21. The number of halogens is 1. The van der Waals surface area contributed by atoms with Crippen LogP contribution in [0.3, 0.4) is 0 Å². The van der Waals surface area contributed by atoms with E-state index < -0.39 is 10.7 Å². The Morgan fingerprint density at radius 3 is 2.62 bits per heavy atom. The minimum atomic E-state index is -0.901. The van der Waals surface area contributed by atoms with Gasteiger partial charge in [0.25, 0.3) is 0 Å². The summed E-state index contributed by atoms with van der Waals surface area (Å²) in [4.78, 5) is 11.7. The van der Waals surface area contributed by atoms with Crippen LogP contribution < -0.4 is 0 Å². The van der Waals surface area contributed by atoms with E-state index in [9.17, 15) is 14.3 Å². The molecular formula is C12H13FO2S. The molecule has 1 fully saturated rings. The molecule has 1 aliphatic carbocycles. The van der Waals surface area contributed by atoms with Crippen molar-refractivity contribution in [3.8, 4) is 0 Å². The van der Waals surface area contributed by atoms with Crippen molar-refractivity contribution in [2.45, 2.75) is 29.4 Å². The van der Waals surface area contributed by atoms with Crippen LogP contribution in [0.15, 0.2) is 29.2 Å². The van der Waals surface area contributed by atoms with E-state index >= 15 is 0 Å². The van der Waals surface area contributed by atoms with Gasteiger partial charge in [0.05, 0.1) is 0 Å². The Kier molecular flexibility index (Phi) is 2.93. The molecule has 2 nitrogen and oxygen atoms in total. The Morgan fingerprint density at radius 1 is 1.50 bits per heavy atom. The summed E-state index contributed by atoms with van der Waals surface area (Å²) in [6, 6.07) is 6.32. The second kappa shape index (κ2) is 4.09. The number of hydrogen-bond donors (Lipinski definition) is 1.